The first kappa shape index (κ1) is 12.9. The summed E-state index contributed by atoms with van der Waals surface area (Å²) >= 11 is 0. The van der Waals surface area contributed by atoms with Crippen LogP contribution in [0.4, 0.5) is 4.79 Å². The topological polar surface area (TPSA) is 58.4 Å². The Bertz CT molecular complexity index is 855. The lowest BCUT2D eigenvalue weighted by molar-refractivity contribution is 0.140. The van der Waals surface area contributed by atoms with Crippen molar-refractivity contribution in [3.8, 4) is 5.82 Å². The van der Waals surface area contributed by atoms with Crippen LogP contribution in [0.2, 0.25) is 0 Å². The lowest BCUT2D eigenvalue weighted by Gasteiger charge is -2.25. The molecule has 1 aliphatic rings. The summed E-state index contributed by atoms with van der Waals surface area (Å²) in [6.07, 6.45) is 1.62. The summed E-state index contributed by atoms with van der Waals surface area (Å²) < 4.78 is 2.16. The average Bonchev–Trinajstić information content (AvgIpc) is 2.89. The number of pyridine rings is 1. The molecule has 1 aromatic carbocycles. The van der Waals surface area contributed by atoms with E-state index in [-0.39, 0.29) is 0 Å². The largest absolute Gasteiger partial charge is 0.465 e. The van der Waals surface area contributed by atoms with Gasteiger partial charge in [0.2, 0.25) is 0 Å². The lowest BCUT2D eigenvalue weighted by Crippen LogP contribution is -2.35. The quantitative estimate of drug-likeness (QED) is 0.750. The summed E-state index contributed by atoms with van der Waals surface area (Å²) in [4.78, 5) is 17.2. The van der Waals surface area contributed by atoms with Crippen LogP contribution in [0, 0.1) is 0 Å². The molecule has 3 aromatic rings. The Morgan fingerprint density at radius 1 is 1.14 bits per heavy atom. The van der Waals surface area contributed by atoms with Crippen molar-refractivity contribution in [2.24, 2.45) is 0 Å². The number of nitrogens with zero attached hydrogens (tertiary/aromatic N) is 3. The predicted octanol–water partition coefficient (Wildman–Crippen LogP) is 3.06. The Morgan fingerprint density at radius 2 is 1.95 bits per heavy atom. The Morgan fingerprint density at radius 3 is 2.73 bits per heavy atom. The number of para-hydroxylation sites is 1. The number of benzene rings is 1. The molecule has 2 aromatic heterocycles. The number of hydrogen-bond donors (Lipinski definition) is 1. The van der Waals surface area contributed by atoms with Gasteiger partial charge in [0, 0.05) is 35.8 Å². The summed E-state index contributed by atoms with van der Waals surface area (Å²) in [5, 5.41) is 10.4. The molecule has 0 saturated carbocycles. The van der Waals surface area contributed by atoms with Crippen molar-refractivity contribution in [2.45, 2.75) is 13.0 Å². The van der Waals surface area contributed by atoms with Gasteiger partial charge in [-0.25, -0.2) is 9.78 Å². The van der Waals surface area contributed by atoms with Crippen molar-refractivity contribution < 1.29 is 9.90 Å². The van der Waals surface area contributed by atoms with Gasteiger partial charge in [0.1, 0.15) is 5.82 Å². The van der Waals surface area contributed by atoms with Crippen molar-refractivity contribution in [1.29, 1.82) is 0 Å². The van der Waals surface area contributed by atoms with Crippen molar-refractivity contribution in [3.63, 3.8) is 0 Å². The van der Waals surface area contributed by atoms with Gasteiger partial charge in [-0.1, -0.05) is 24.3 Å². The van der Waals surface area contributed by atoms with Crippen LogP contribution < -0.4 is 0 Å². The molecule has 0 spiro atoms. The normalized spacial score (nSPS) is 14.1. The van der Waals surface area contributed by atoms with Gasteiger partial charge in [-0.3, -0.25) is 4.57 Å². The lowest BCUT2D eigenvalue weighted by atomic mass is 10.0. The van der Waals surface area contributed by atoms with Gasteiger partial charge in [0.25, 0.3) is 0 Å². The number of rotatable bonds is 1. The van der Waals surface area contributed by atoms with Crippen LogP contribution in [-0.2, 0) is 13.0 Å². The fraction of sp³-hybridized carbons (Fsp3) is 0.176. The summed E-state index contributed by atoms with van der Waals surface area (Å²) in [6, 6.07) is 14.0. The molecule has 5 heteroatoms. The van der Waals surface area contributed by atoms with Crippen molar-refractivity contribution in [2.75, 3.05) is 6.54 Å². The summed E-state index contributed by atoms with van der Waals surface area (Å²) in [7, 11) is 0. The SMILES string of the molecule is O=C(O)N1CCc2c(c3ccccc3n2-c2ccccn2)C1. The van der Waals surface area contributed by atoms with E-state index in [1.807, 2.05) is 30.3 Å². The summed E-state index contributed by atoms with van der Waals surface area (Å²) in [6.45, 7) is 0.955. The van der Waals surface area contributed by atoms with Crippen molar-refractivity contribution >= 4 is 17.0 Å². The van der Waals surface area contributed by atoms with Gasteiger partial charge in [0.05, 0.1) is 12.1 Å². The monoisotopic (exact) mass is 293 g/mol. The number of fused-ring (bicyclic) bond motifs is 3. The van der Waals surface area contributed by atoms with Gasteiger partial charge in [-0.15, -0.1) is 0 Å². The average molecular weight is 293 g/mol. The molecule has 3 heterocycles. The fourth-order valence-electron chi connectivity index (χ4n) is 3.22. The Labute approximate surface area is 127 Å². The molecule has 1 amide bonds. The maximum atomic E-state index is 11.3. The number of carboxylic acid groups (broad SMARTS) is 1. The first-order chi connectivity index (χ1) is 10.8. The molecule has 5 nitrogen and oxygen atoms in total. The van der Waals surface area contributed by atoms with Crippen LogP contribution in [0.3, 0.4) is 0 Å². The van der Waals surface area contributed by atoms with E-state index in [1.165, 1.54) is 4.90 Å². The molecule has 0 atom stereocenters. The first-order valence-corrected chi connectivity index (χ1v) is 7.26. The zero-order valence-electron chi connectivity index (χ0n) is 11.9. The minimum Gasteiger partial charge on any atom is -0.465 e. The van der Waals surface area contributed by atoms with Crippen molar-refractivity contribution in [1.82, 2.24) is 14.5 Å². The third-order valence-electron chi connectivity index (χ3n) is 4.20. The van der Waals surface area contributed by atoms with E-state index in [2.05, 4.69) is 21.7 Å². The minimum absolute atomic E-state index is 0.436. The molecule has 110 valence electrons. The van der Waals surface area contributed by atoms with Gasteiger partial charge >= 0.3 is 6.09 Å². The Hall–Kier alpha value is -2.82. The van der Waals surface area contributed by atoms with Crippen LogP contribution in [0.15, 0.2) is 48.7 Å². The first-order valence-electron chi connectivity index (χ1n) is 7.26. The van der Waals surface area contributed by atoms with Gasteiger partial charge in [-0.05, 0) is 18.2 Å². The highest BCUT2D eigenvalue weighted by Gasteiger charge is 2.26. The van der Waals surface area contributed by atoms with Crippen molar-refractivity contribution in [3.05, 3.63) is 59.9 Å². The van der Waals surface area contributed by atoms with Crippen LogP contribution in [-0.4, -0.2) is 32.2 Å². The minimum atomic E-state index is -0.861. The molecule has 0 saturated heterocycles. The highest BCUT2D eigenvalue weighted by Crippen LogP contribution is 2.32. The Kier molecular flexibility index (Phi) is 2.85. The Balaban J connectivity index is 1.97. The smallest absolute Gasteiger partial charge is 0.407 e. The second-order valence-electron chi connectivity index (χ2n) is 5.42. The zero-order chi connectivity index (χ0) is 15.1. The summed E-state index contributed by atoms with van der Waals surface area (Å²) in [5.41, 5.74) is 3.34. The zero-order valence-corrected chi connectivity index (χ0v) is 11.9. The molecule has 0 bridgehead atoms. The molecule has 1 aliphatic heterocycles. The second-order valence-corrected chi connectivity index (χ2v) is 5.42. The predicted molar refractivity (Wildman–Crippen MR) is 83.2 cm³/mol. The molecule has 0 unspecified atom stereocenters. The van der Waals surface area contributed by atoms with Crippen LogP contribution in [0.1, 0.15) is 11.3 Å². The van der Waals surface area contributed by atoms with Gasteiger partial charge in [-0.2, -0.15) is 0 Å². The highest BCUT2D eigenvalue weighted by atomic mass is 16.4. The van der Waals surface area contributed by atoms with Gasteiger partial charge < -0.3 is 10.0 Å². The van der Waals surface area contributed by atoms with E-state index in [1.54, 1.807) is 6.20 Å². The molecule has 0 fully saturated rings. The molecule has 4 rings (SSSR count). The van der Waals surface area contributed by atoms with E-state index >= 15 is 0 Å². The highest BCUT2D eigenvalue weighted by molar-refractivity contribution is 5.87. The third kappa shape index (κ3) is 1.86. The summed E-state index contributed by atoms with van der Waals surface area (Å²) in [5.74, 6) is 0.878. The number of aromatic nitrogens is 2. The molecule has 0 aliphatic carbocycles. The van der Waals surface area contributed by atoms with E-state index < -0.39 is 6.09 Å². The molecular formula is C17H15N3O2. The fourth-order valence-corrected chi connectivity index (χ4v) is 3.22. The molecule has 1 N–H and O–H groups in total. The van der Waals surface area contributed by atoms with Gasteiger partial charge in [0.15, 0.2) is 0 Å². The number of carbonyl (C=O) groups is 1. The number of hydrogen-bond acceptors (Lipinski definition) is 2. The van der Waals surface area contributed by atoms with E-state index in [9.17, 15) is 9.90 Å². The molecule has 22 heavy (non-hydrogen) atoms. The van der Waals surface area contributed by atoms with E-state index in [0.29, 0.717) is 19.5 Å². The third-order valence-corrected chi connectivity index (χ3v) is 4.20. The van der Waals surface area contributed by atoms with Crippen LogP contribution in [0.5, 0.6) is 0 Å². The maximum Gasteiger partial charge on any atom is 0.407 e. The maximum absolute atomic E-state index is 11.3. The van der Waals surface area contributed by atoms with Crippen LogP contribution in [0.25, 0.3) is 16.7 Å². The van der Waals surface area contributed by atoms with E-state index in [0.717, 1.165) is 28.0 Å². The standard InChI is InChI=1S/C17H15N3O2/c21-17(22)19-10-8-15-13(11-19)12-5-1-2-6-14(12)20(15)16-7-3-4-9-18-16/h1-7,9H,8,10-11H2,(H,21,22). The number of amides is 1. The van der Waals surface area contributed by atoms with E-state index in [4.69, 9.17) is 0 Å². The second kappa shape index (κ2) is 4.87. The van der Waals surface area contributed by atoms with Crippen LogP contribution >= 0.6 is 0 Å². The molecule has 0 radical (unpaired) electrons. The molecular weight excluding hydrogens is 278 g/mol.